The summed E-state index contributed by atoms with van der Waals surface area (Å²) in [5.41, 5.74) is 4.50. The largest absolute Gasteiger partial charge is 0.480 e. The summed E-state index contributed by atoms with van der Waals surface area (Å²) in [4.78, 5) is 17.2. The van der Waals surface area contributed by atoms with E-state index in [1.54, 1.807) is 0 Å². The van der Waals surface area contributed by atoms with Crippen molar-refractivity contribution in [2.45, 2.75) is 19.1 Å². The maximum Gasteiger partial charge on any atom is 0.284 e. The highest BCUT2D eigenvalue weighted by atomic mass is 16.7. The Hall–Kier alpha value is -2.33. The maximum atomic E-state index is 11.9. The van der Waals surface area contributed by atoms with E-state index in [2.05, 4.69) is 5.48 Å². The number of ether oxygens (including phenoxy) is 1. The number of hydrogen-bond acceptors (Lipinski definition) is 3. The van der Waals surface area contributed by atoms with Crippen LogP contribution in [0.1, 0.15) is 11.1 Å². The lowest BCUT2D eigenvalue weighted by atomic mass is 10.1. The molecule has 1 amide bonds. The molecule has 4 nitrogen and oxygen atoms in total. The Kier molecular flexibility index (Phi) is 3.65. The fourth-order valence-electron chi connectivity index (χ4n) is 2.16. The van der Waals surface area contributed by atoms with Crippen molar-refractivity contribution in [3.63, 3.8) is 0 Å². The van der Waals surface area contributed by atoms with Crippen molar-refractivity contribution in [2.75, 3.05) is 0 Å². The maximum absolute atomic E-state index is 11.9. The molecule has 2 aromatic rings. The van der Waals surface area contributed by atoms with E-state index in [-0.39, 0.29) is 5.91 Å². The molecule has 0 radical (unpaired) electrons. The number of para-hydroxylation sites is 1. The van der Waals surface area contributed by atoms with Gasteiger partial charge in [-0.3, -0.25) is 9.63 Å². The van der Waals surface area contributed by atoms with Gasteiger partial charge in [-0.1, -0.05) is 48.5 Å². The van der Waals surface area contributed by atoms with Gasteiger partial charge in [0.25, 0.3) is 5.91 Å². The number of benzene rings is 2. The van der Waals surface area contributed by atoms with Crippen LogP contribution in [0.2, 0.25) is 0 Å². The van der Waals surface area contributed by atoms with Crippen LogP contribution in [-0.2, 0) is 22.7 Å². The van der Waals surface area contributed by atoms with E-state index in [4.69, 9.17) is 9.57 Å². The molecule has 20 heavy (non-hydrogen) atoms. The van der Waals surface area contributed by atoms with Crippen molar-refractivity contribution in [2.24, 2.45) is 0 Å². The zero-order valence-electron chi connectivity index (χ0n) is 10.9. The number of rotatable bonds is 4. The number of hydroxylamine groups is 1. The molecule has 0 saturated carbocycles. The minimum Gasteiger partial charge on any atom is -0.480 e. The lowest BCUT2D eigenvalue weighted by molar-refractivity contribution is -0.141. The monoisotopic (exact) mass is 269 g/mol. The normalized spacial score (nSPS) is 16.3. The van der Waals surface area contributed by atoms with Crippen molar-refractivity contribution in [1.82, 2.24) is 5.48 Å². The third-order valence-corrected chi connectivity index (χ3v) is 3.19. The Balaban J connectivity index is 1.49. The molecule has 0 fully saturated rings. The van der Waals surface area contributed by atoms with Gasteiger partial charge in [0, 0.05) is 6.42 Å². The van der Waals surface area contributed by atoms with Crippen LogP contribution in [0.3, 0.4) is 0 Å². The van der Waals surface area contributed by atoms with Crippen LogP contribution in [-0.4, -0.2) is 12.0 Å². The average molecular weight is 269 g/mol. The molecule has 0 bridgehead atoms. The number of hydrogen-bond donors (Lipinski definition) is 1. The lowest BCUT2D eigenvalue weighted by Crippen LogP contribution is -2.37. The summed E-state index contributed by atoms with van der Waals surface area (Å²) < 4.78 is 5.58. The van der Waals surface area contributed by atoms with Crippen molar-refractivity contribution in [3.05, 3.63) is 65.7 Å². The van der Waals surface area contributed by atoms with E-state index in [0.717, 1.165) is 16.9 Å². The first-order chi connectivity index (χ1) is 9.83. The second-order valence-corrected chi connectivity index (χ2v) is 4.66. The van der Waals surface area contributed by atoms with E-state index >= 15 is 0 Å². The molecule has 3 rings (SSSR count). The van der Waals surface area contributed by atoms with Gasteiger partial charge in [-0.05, 0) is 17.2 Å². The van der Waals surface area contributed by atoms with E-state index in [1.807, 2.05) is 54.6 Å². The Bertz CT molecular complexity index is 573. The zero-order chi connectivity index (χ0) is 13.8. The SMILES string of the molecule is O=C(NOCc1ccccc1)C1Cc2ccccc2O1. The molecule has 1 aliphatic heterocycles. The molecule has 0 aliphatic carbocycles. The molecule has 2 aromatic carbocycles. The van der Waals surface area contributed by atoms with E-state index in [1.165, 1.54) is 0 Å². The summed E-state index contributed by atoms with van der Waals surface area (Å²) >= 11 is 0. The molecule has 0 spiro atoms. The lowest BCUT2D eigenvalue weighted by Gasteiger charge is -2.11. The number of amides is 1. The smallest absolute Gasteiger partial charge is 0.284 e. The first-order valence-electron chi connectivity index (χ1n) is 6.53. The van der Waals surface area contributed by atoms with Gasteiger partial charge in [-0.15, -0.1) is 0 Å². The van der Waals surface area contributed by atoms with Gasteiger partial charge in [0.15, 0.2) is 6.10 Å². The Morgan fingerprint density at radius 3 is 2.70 bits per heavy atom. The summed E-state index contributed by atoms with van der Waals surface area (Å²) in [5.74, 6) is 0.521. The molecular weight excluding hydrogens is 254 g/mol. The van der Waals surface area contributed by atoms with Crippen LogP contribution >= 0.6 is 0 Å². The van der Waals surface area contributed by atoms with E-state index in [9.17, 15) is 4.79 Å². The van der Waals surface area contributed by atoms with Gasteiger partial charge >= 0.3 is 0 Å². The molecular formula is C16H15NO3. The van der Waals surface area contributed by atoms with Gasteiger partial charge in [-0.2, -0.15) is 0 Å². The zero-order valence-corrected chi connectivity index (χ0v) is 10.9. The van der Waals surface area contributed by atoms with Crippen LogP contribution < -0.4 is 10.2 Å². The summed E-state index contributed by atoms with van der Waals surface area (Å²) in [6.07, 6.45) is 0.0691. The molecule has 0 saturated heterocycles. The highest BCUT2D eigenvalue weighted by Crippen LogP contribution is 2.28. The van der Waals surface area contributed by atoms with Crippen molar-refractivity contribution in [1.29, 1.82) is 0 Å². The fourth-order valence-corrected chi connectivity index (χ4v) is 2.16. The van der Waals surface area contributed by atoms with Crippen molar-refractivity contribution < 1.29 is 14.4 Å². The molecule has 4 heteroatoms. The van der Waals surface area contributed by atoms with Crippen molar-refractivity contribution in [3.8, 4) is 5.75 Å². The van der Waals surface area contributed by atoms with Gasteiger partial charge < -0.3 is 4.74 Å². The summed E-state index contributed by atoms with van der Waals surface area (Å²) in [6.45, 7) is 0.340. The Labute approximate surface area is 117 Å². The van der Waals surface area contributed by atoms with E-state index < -0.39 is 6.10 Å². The predicted octanol–water partition coefficient (Wildman–Crippen LogP) is 2.24. The van der Waals surface area contributed by atoms with Gasteiger partial charge in [0.2, 0.25) is 0 Å². The summed E-state index contributed by atoms with van der Waals surface area (Å²) in [5, 5.41) is 0. The highest BCUT2D eigenvalue weighted by Gasteiger charge is 2.28. The molecule has 1 heterocycles. The first-order valence-corrected chi connectivity index (χ1v) is 6.53. The van der Waals surface area contributed by atoms with Crippen LogP contribution in [0.5, 0.6) is 5.75 Å². The van der Waals surface area contributed by atoms with Gasteiger partial charge in [0.1, 0.15) is 5.75 Å². The third kappa shape index (κ3) is 2.81. The van der Waals surface area contributed by atoms with E-state index in [0.29, 0.717) is 13.0 Å². The summed E-state index contributed by atoms with van der Waals surface area (Å²) in [6, 6.07) is 17.3. The number of nitrogens with one attached hydrogen (secondary N) is 1. The average Bonchev–Trinajstić information content (AvgIpc) is 2.92. The highest BCUT2D eigenvalue weighted by molar-refractivity contribution is 5.81. The number of carbonyl (C=O) groups is 1. The number of fused-ring (bicyclic) bond motifs is 1. The van der Waals surface area contributed by atoms with Crippen LogP contribution in [0, 0.1) is 0 Å². The first kappa shape index (κ1) is 12.7. The second-order valence-electron chi connectivity index (χ2n) is 4.66. The third-order valence-electron chi connectivity index (χ3n) is 3.19. The van der Waals surface area contributed by atoms with Crippen LogP contribution in [0.25, 0.3) is 0 Å². The molecule has 1 atom stereocenters. The van der Waals surface area contributed by atoms with Crippen molar-refractivity contribution >= 4 is 5.91 Å². The minimum atomic E-state index is -0.511. The molecule has 1 unspecified atom stereocenters. The Morgan fingerprint density at radius 2 is 1.90 bits per heavy atom. The van der Waals surface area contributed by atoms with Crippen LogP contribution in [0.15, 0.2) is 54.6 Å². The predicted molar refractivity (Wildman–Crippen MR) is 73.9 cm³/mol. The second kappa shape index (κ2) is 5.75. The fraction of sp³-hybridized carbons (Fsp3) is 0.188. The standard InChI is InChI=1S/C16H15NO3/c18-16(17-19-11-12-6-2-1-3-7-12)15-10-13-8-4-5-9-14(13)20-15/h1-9,15H,10-11H2,(H,17,18). The van der Waals surface area contributed by atoms with Gasteiger partial charge in [-0.25, -0.2) is 5.48 Å². The minimum absolute atomic E-state index is 0.253. The van der Waals surface area contributed by atoms with Gasteiger partial charge in [0.05, 0.1) is 6.61 Å². The summed E-state index contributed by atoms with van der Waals surface area (Å²) in [7, 11) is 0. The topological polar surface area (TPSA) is 47.6 Å². The molecule has 1 N–H and O–H groups in total. The molecule has 0 aromatic heterocycles. The molecule has 1 aliphatic rings. The van der Waals surface area contributed by atoms with Crippen LogP contribution in [0.4, 0.5) is 0 Å². The molecule has 102 valence electrons. The number of carbonyl (C=O) groups excluding carboxylic acids is 1. The quantitative estimate of drug-likeness (QED) is 0.866. The Morgan fingerprint density at radius 1 is 1.15 bits per heavy atom.